The van der Waals surface area contributed by atoms with Crippen LogP contribution in [0.2, 0.25) is 0 Å². The third kappa shape index (κ3) is 3.58. The van der Waals surface area contributed by atoms with Crippen molar-refractivity contribution in [1.29, 1.82) is 0 Å². The van der Waals surface area contributed by atoms with Gasteiger partial charge in [-0.25, -0.2) is 4.39 Å². The van der Waals surface area contributed by atoms with E-state index in [9.17, 15) is 4.39 Å². The van der Waals surface area contributed by atoms with Crippen molar-refractivity contribution in [3.8, 4) is 0 Å². The highest BCUT2D eigenvalue weighted by atomic mass is 19.1. The fourth-order valence-electron chi connectivity index (χ4n) is 2.41. The van der Waals surface area contributed by atoms with Crippen molar-refractivity contribution in [2.24, 2.45) is 0 Å². The van der Waals surface area contributed by atoms with Crippen molar-refractivity contribution >= 4 is 5.69 Å². The summed E-state index contributed by atoms with van der Waals surface area (Å²) in [4.78, 5) is 2.19. The molecule has 3 heteroatoms. The number of hydrogen-bond acceptors (Lipinski definition) is 2. The van der Waals surface area contributed by atoms with Crippen molar-refractivity contribution in [1.82, 2.24) is 5.32 Å². The fraction of sp³-hybridized carbons (Fsp3) is 0.294. The van der Waals surface area contributed by atoms with Gasteiger partial charge in [-0.1, -0.05) is 24.3 Å². The molecule has 0 saturated heterocycles. The van der Waals surface area contributed by atoms with Crippen molar-refractivity contribution in [3.63, 3.8) is 0 Å². The van der Waals surface area contributed by atoms with Crippen LogP contribution in [0.25, 0.3) is 0 Å². The lowest BCUT2D eigenvalue weighted by atomic mass is 10.1. The number of aryl methyl sites for hydroxylation is 1. The van der Waals surface area contributed by atoms with E-state index in [0.717, 1.165) is 18.7 Å². The first-order valence-electron chi connectivity index (χ1n) is 6.80. The van der Waals surface area contributed by atoms with Gasteiger partial charge in [0.2, 0.25) is 0 Å². The Morgan fingerprint density at radius 1 is 1.05 bits per heavy atom. The molecule has 2 rings (SSSR count). The van der Waals surface area contributed by atoms with Crippen molar-refractivity contribution in [3.05, 3.63) is 65.0 Å². The number of nitrogens with one attached hydrogen (secondary N) is 1. The summed E-state index contributed by atoms with van der Waals surface area (Å²) in [7, 11) is 4.01. The number of nitrogens with zero attached hydrogens (tertiary/aromatic N) is 1. The Kier molecular flexibility index (Phi) is 4.74. The maximum Gasteiger partial charge on any atom is 0.123 e. The van der Waals surface area contributed by atoms with Gasteiger partial charge in [-0.05, 0) is 48.9 Å². The molecule has 1 N–H and O–H groups in total. The van der Waals surface area contributed by atoms with E-state index in [-0.39, 0.29) is 5.82 Å². The summed E-state index contributed by atoms with van der Waals surface area (Å²) < 4.78 is 12.9. The van der Waals surface area contributed by atoms with Gasteiger partial charge >= 0.3 is 0 Å². The van der Waals surface area contributed by atoms with Gasteiger partial charge in [0, 0.05) is 25.8 Å². The van der Waals surface area contributed by atoms with Crippen molar-refractivity contribution < 1.29 is 4.39 Å². The standard InChI is InChI=1S/C17H21FN2/c1-13-10-15(11-19-2)6-9-17(13)20(3)12-14-4-7-16(18)8-5-14/h4-10,19H,11-12H2,1-3H3. The molecule has 0 amide bonds. The van der Waals surface area contributed by atoms with Gasteiger partial charge in [-0.15, -0.1) is 0 Å². The lowest BCUT2D eigenvalue weighted by Gasteiger charge is -2.22. The smallest absolute Gasteiger partial charge is 0.123 e. The molecule has 0 unspecified atom stereocenters. The van der Waals surface area contributed by atoms with Gasteiger partial charge in [0.05, 0.1) is 0 Å². The molecular weight excluding hydrogens is 251 g/mol. The van der Waals surface area contributed by atoms with E-state index in [0.29, 0.717) is 0 Å². The Morgan fingerprint density at radius 2 is 1.70 bits per heavy atom. The summed E-state index contributed by atoms with van der Waals surface area (Å²) in [6.07, 6.45) is 0. The predicted molar refractivity (Wildman–Crippen MR) is 82.4 cm³/mol. The number of halogens is 1. The first-order chi connectivity index (χ1) is 9.60. The average molecular weight is 272 g/mol. The molecule has 0 spiro atoms. The lowest BCUT2D eigenvalue weighted by molar-refractivity contribution is 0.627. The second-order valence-corrected chi connectivity index (χ2v) is 5.13. The minimum Gasteiger partial charge on any atom is -0.370 e. The third-order valence-corrected chi connectivity index (χ3v) is 3.39. The minimum atomic E-state index is -0.191. The van der Waals surface area contributed by atoms with E-state index in [1.54, 1.807) is 0 Å². The number of rotatable bonds is 5. The highest BCUT2D eigenvalue weighted by Gasteiger charge is 2.06. The molecule has 0 saturated carbocycles. The largest absolute Gasteiger partial charge is 0.370 e. The van der Waals surface area contributed by atoms with E-state index in [1.807, 2.05) is 19.2 Å². The van der Waals surface area contributed by atoms with Gasteiger partial charge in [0.1, 0.15) is 5.82 Å². The molecule has 0 aliphatic heterocycles. The van der Waals surface area contributed by atoms with Crippen LogP contribution in [0, 0.1) is 12.7 Å². The molecular formula is C17H21FN2. The highest BCUT2D eigenvalue weighted by molar-refractivity contribution is 5.54. The van der Waals surface area contributed by atoms with Crippen LogP contribution in [-0.4, -0.2) is 14.1 Å². The minimum absolute atomic E-state index is 0.191. The first kappa shape index (κ1) is 14.5. The molecule has 0 heterocycles. The van der Waals surface area contributed by atoms with Crippen LogP contribution >= 0.6 is 0 Å². The van der Waals surface area contributed by atoms with E-state index in [1.165, 1.54) is 28.9 Å². The van der Waals surface area contributed by atoms with Crippen molar-refractivity contribution in [2.45, 2.75) is 20.0 Å². The zero-order valence-corrected chi connectivity index (χ0v) is 12.3. The van der Waals surface area contributed by atoms with Crippen LogP contribution < -0.4 is 10.2 Å². The van der Waals surface area contributed by atoms with Crippen LogP contribution in [0.15, 0.2) is 42.5 Å². The van der Waals surface area contributed by atoms with E-state index < -0.39 is 0 Å². The molecule has 0 atom stereocenters. The fourth-order valence-corrected chi connectivity index (χ4v) is 2.41. The summed E-state index contributed by atoms with van der Waals surface area (Å²) >= 11 is 0. The number of benzene rings is 2. The summed E-state index contributed by atoms with van der Waals surface area (Å²) in [5.41, 5.74) is 4.84. The van der Waals surface area contributed by atoms with Gasteiger partial charge < -0.3 is 10.2 Å². The molecule has 0 fully saturated rings. The Morgan fingerprint density at radius 3 is 2.30 bits per heavy atom. The zero-order chi connectivity index (χ0) is 14.5. The van der Waals surface area contributed by atoms with Crippen LogP contribution in [0.3, 0.4) is 0 Å². The number of anilines is 1. The molecule has 0 bridgehead atoms. The molecule has 2 aromatic rings. The maximum atomic E-state index is 12.9. The second kappa shape index (κ2) is 6.53. The first-order valence-corrected chi connectivity index (χ1v) is 6.80. The zero-order valence-electron chi connectivity index (χ0n) is 12.3. The predicted octanol–water partition coefficient (Wildman–Crippen LogP) is 3.49. The monoisotopic (exact) mass is 272 g/mol. The molecule has 0 aromatic heterocycles. The average Bonchev–Trinajstić information content (AvgIpc) is 2.42. The number of hydrogen-bond donors (Lipinski definition) is 1. The summed E-state index contributed by atoms with van der Waals surface area (Å²) in [6, 6.07) is 13.2. The van der Waals surface area contributed by atoms with Crippen molar-refractivity contribution in [2.75, 3.05) is 19.0 Å². The van der Waals surface area contributed by atoms with Crippen LogP contribution in [0.5, 0.6) is 0 Å². The summed E-state index contributed by atoms with van der Waals surface area (Å²) in [6.45, 7) is 3.77. The molecule has 2 aromatic carbocycles. The summed E-state index contributed by atoms with van der Waals surface area (Å²) in [5, 5.41) is 3.16. The van der Waals surface area contributed by atoms with Gasteiger partial charge in [-0.3, -0.25) is 0 Å². The second-order valence-electron chi connectivity index (χ2n) is 5.13. The van der Waals surface area contributed by atoms with Gasteiger partial charge in [0.15, 0.2) is 0 Å². The van der Waals surface area contributed by atoms with Gasteiger partial charge in [-0.2, -0.15) is 0 Å². The summed E-state index contributed by atoms with van der Waals surface area (Å²) in [5.74, 6) is -0.191. The Labute approximate surface area is 120 Å². The normalized spacial score (nSPS) is 10.6. The maximum absolute atomic E-state index is 12.9. The highest BCUT2D eigenvalue weighted by Crippen LogP contribution is 2.22. The third-order valence-electron chi connectivity index (χ3n) is 3.39. The van der Waals surface area contributed by atoms with Crippen LogP contribution in [0.1, 0.15) is 16.7 Å². The molecule has 0 aliphatic rings. The quantitative estimate of drug-likeness (QED) is 0.896. The molecule has 0 aliphatic carbocycles. The van der Waals surface area contributed by atoms with Gasteiger partial charge in [0.25, 0.3) is 0 Å². The Hall–Kier alpha value is -1.87. The van der Waals surface area contributed by atoms with E-state index in [4.69, 9.17) is 0 Å². The van der Waals surface area contributed by atoms with E-state index >= 15 is 0 Å². The molecule has 106 valence electrons. The Balaban J connectivity index is 2.12. The molecule has 2 nitrogen and oxygen atoms in total. The van der Waals surface area contributed by atoms with Crippen LogP contribution in [0.4, 0.5) is 10.1 Å². The van der Waals surface area contributed by atoms with Crippen LogP contribution in [-0.2, 0) is 13.1 Å². The van der Waals surface area contributed by atoms with E-state index in [2.05, 4.69) is 42.4 Å². The lowest BCUT2D eigenvalue weighted by Crippen LogP contribution is -2.17. The SMILES string of the molecule is CNCc1ccc(N(C)Cc2ccc(F)cc2)c(C)c1. The topological polar surface area (TPSA) is 15.3 Å². The Bertz CT molecular complexity index is 564. The molecule has 20 heavy (non-hydrogen) atoms. The molecule has 0 radical (unpaired) electrons.